The van der Waals surface area contributed by atoms with E-state index in [2.05, 4.69) is 26.3 Å². The number of carbonyl (C=O) groups is 1. The molecule has 0 amide bonds. The summed E-state index contributed by atoms with van der Waals surface area (Å²) in [5.74, 6) is 0.0808. The fraction of sp³-hybridized carbons (Fsp3) is 0.182. The van der Waals surface area contributed by atoms with Crippen LogP contribution in [0.15, 0.2) is 55.2 Å². The van der Waals surface area contributed by atoms with Crippen molar-refractivity contribution in [3.63, 3.8) is 0 Å². The highest BCUT2D eigenvalue weighted by molar-refractivity contribution is 5.98. The number of fused-ring (bicyclic) bond motifs is 2. The molecule has 0 saturated carbocycles. The van der Waals surface area contributed by atoms with Crippen LogP contribution in [0.25, 0.3) is 22.2 Å². The molecule has 28 heavy (non-hydrogen) atoms. The number of pyridine rings is 2. The Kier molecular flexibility index (Phi) is 3.98. The molecule has 0 spiro atoms. The molecule has 0 saturated heterocycles. The Balaban J connectivity index is 1.44. The molecule has 1 aliphatic heterocycles. The van der Waals surface area contributed by atoms with Crippen LogP contribution in [0.2, 0.25) is 0 Å². The molecular formula is C22H19N5O. The molecule has 3 aromatic heterocycles. The van der Waals surface area contributed by atoms with Gasteiger partial charge in [-0.05, 0) is 29.3 Å². The standard InChI is InChI=1S/C22H19N5O/c1-27-13-24-12-21(27)18-5-16-6-19(25-11-20(16)26-10-18)7-22(28)14-2-3-15-8-23-9-17(15)4-14/h2-6,10-13,23H,7-9H2,1H3. The minimum Gasteiger partial charge on any atom is -0.334 e. The van der Waals surface area contributed by atoms with E-state index in [0.717, 1.165) is 46.5 Å². The van der Waals surface area contributed by atoms with Crippen LogP contribution >= 0.6 is 0 Å². The number of hydrogen-bond acceptors (Lipinski definition) is 5. The summed E-state index contributed by atoms with van der Waals surface area (Å²) in [6.45, 7) is 1.70. The Hall–Kier alpha value is -3.38. The predicted octanol–water partition coefficient (Wildman–Crippen LogP) is 3.06. The van der Waals surface area contributed by atoms with Crippen LogP contribution in [0.1, 0.15) is 27.2 Å². The maximum absolute atomic E-state index is 12.8. The highest BCUT2D eigenvalue weighted by Gasteiger charge is 2.15. The smallest absolute Gasteiger partial charge is 0.168 e. The third-order valence-corrected chi connectivity index (χ3v) is 5.24. The van der Waals surface area contributed by atoms with Gasteiger partial charge in [0.1, 0.15) is 0 Å². The second-order valence-corrected chi connectivity index (χ2v) is 7.17. The molecule has 5 rings (SSSR count). The molecule has 0 unspecified atom stereocenters. The fourth-order valence-corrected chi connectivity index (χ4v) is 3.68. The van der Waals surface area contributed by atoms with E-state index in [1.54, 1.807) is 12.5 Å². The Labute approximate surface area is 162 Å². The van der Waals surface area contributed by atoms with E-state index < -0.39 is 0 Å². The number of imidazole rings is 1. The summed E-state index contributed by atoms with van der Waals surface area (Å²) in [5, 5.41) is 4.27. The number of nitrogens with one attached hydrogen (secondary N) is 1. The van der Waals surface area contributed by atoms with Crippen molar-refractivity contribution in [1.82, 2.24) is 24.8 Å². The number of benzene rings is 1. The van der Waals surface area contributed by atoms with Gasteiger partial charge in [-0.15, -0.1) is 0 Å². The first-order valence-electron chi connectivity index (χ1n) is 9.24. The number of nitrogens with zero attached hydrogens (tertiary/aromatic N) is 4. The second kappa shape index (κ2) is 6.65. The fourth-order valence-electron chi connectivity index (χ4n) is 3.68. The molecular weight excluding hydrogens is 350 g/mol. The van der Waals surface area contributed by atoms with Crippen molar-refractivity contribution >= 4 is 16.7 Å². The van der Waals surface area contributed by atoms with Crippen molar-refractivity contribution in [2.45, 2.75) is 19.5 Å². The van der Waals surface area contributed by atoms with Crippen molar-refractivity contribution in [2.75, 3.05) is 0 Å². The molecule has 0 aliphatic carbocycles. The van der Waals surface area contributed by atoms with Crippen molar-refractivity contribution in [2.24, 2.45) is 7.05 Å². The first-order chi connectivity index (χ1) is 13.7. The number of aryl methyl sites for hydroxylation is 1. The molecule has 0 bridgehead atoms. The number of rotatable bonds is 4. The van der Waals surface area contributed by atoms with Crippen LogP contribution in [0, 0.1) is 0 Å². The lowest BCUT2D eigenvalue weighted by Gasteiger charge is -2.07. The zero-order valence-electron chi connectivity index (χ0n) is 15.5. The van der Waals surface area contributed by atoms with Crippen molar-refractivity contribution in [3.05, 3.63) is 77.6 Å². The van der Waals surface area contributed by atoms with Gasteiger partial charge in [-0.3, -0.25) is 14.8 Å². The molecule has 1 aromatic carbocycles. The lowest BCUT2D eigenvalue weighted by molar-refractivity contribution is 0.0992. The van der Waals surface area contributed by atoms with Gasteiger partial charge < -0.3 is 9.88 Å². The van der Waals surface area contributed by atoms with Crippen LogP contribution in [0.5, 0.6) is 0 Å². The van der Waals surface area contributed by atoms with Crippen molar-refractivity contribution in [3.8, 4) is 11.3 Å². The molecule has 0 radical (unpaired) electrons. The quantitative estimate of drug-likeness (QED) is 0.560. The maximum atomic E-state index is 12.8. The van der Waals surface area contributed by atoms with Gasteiger partial charge in [0.2, 0.25) is 0 Å². The number of aromatic nitrogens is 4. The Bertz CT molecular complexity index is 1210. The van der Waals surface area contributed by atoms with Gasteiger partial charge in [0.15, 0.2) is 5.78 Å². The number of hydrogen-bond donors (Lipinski definition) is 1. The molecule has 6 heteroatoms. The summed E-state index contributed by atoms with van der Waals surface area (Å²) in [5.41, 5.74) is 6.77. The SMILES string of the molecule is Cn1cncc1-c1cnc2cnc(CC(=O)c3ccc4c(c3)CNC4)cc2c1. The monoisotopic (exact) mass is 369 g/mol. The summed E-state index contributed by atoms with van der Waals surface area (Å²) in [6, 6.07) is 9.98. The number of carbonyl (C=O) groups excluding carboxylic acids is 1. The number of Topliss-reactive ketones (excluding diaryl/α,β-unsaturated/α-hetero) is 1. The van der Waals surface area contributed by atoms with Gasteiger partial charge in [0.05, 0.1) is 36.4 Å². The first-order valence-corrected chi connectivity index (χ1v) is 9.24. The zero-order chi connectivity index (χ0) is 19.1. The Morgan fingerprint density at radius 3 is 2.82 bits per heavy atom. The molecule has 0 atom stereocenters. The summed E-state index contributed by atoms with van der Waals surface area (Å²) in [6.07, 6.45) is 7.42. The summed E-state index contributed by atoms with van der Waals surface area (Å²) < 4.78 is 1.96. The summed E-state index contributed by atoms with van der Waals surface area (Å²) >= 11 is 0. The molecule has 0 fully saturated rings. The van der Waals surface area contributed by atoms with E-state index in [4.69, 9.17) is 0 Å². The van der Waals surface area contributed by atoms with Crippen LogP contribution in [0.4, 0.5) is 0 Å². The predicted molar refractivity (Wildman–Crippen MR) is 107 cm³/mol. The third kappa shape index (κ3) is 2.97. The summed E-state index contributed by atoms with van der Waals surface area (Å²) in [7, 11) is 1.95. The van der Waals surface area contributed by atoms with Crippen molar-refractivity contribution in [1.29, 1.82) is 0 Å². The van der Waals surface area contributed by atoms with E-state index >= 15 is 0 Å². The van der Waals surface area contributed by atoms with Crippen LogP contribution in [-0.4, -0.2) is 25.3 Å². The third-order valence-electron chi connectivity index (χ3n) is 5.24. The van der Waals surface area contributed by atoms with Gasteiger partial charge in [-0.1, -0.05) is 12.1 Å². The molecule has 6 nitrogen and oxygen atoms in total. The van der Waals surface area contributed by atoms with E-state index in [1.807, 2.05) is 48.3 Å². The highest BCUT2D eigenvalue weighted by Crippen LogP contribution is 2.23. The second-order valence-electron chi connectivity index (χ2n) is 7.17. The molecule has 1 N–H and O–H groups in total. The molecule has 138 valence electrons. The van der Waals surface area contributed by atoms with Gasteiger partial charge in [-0.2, -0.15) is 0 Å². The van der Waals surface area contributed by atoms with Gasteiger partial charge >= 0.3 is 0 Å². The zero-order valence-corrected chi connectivity index (χ0v) is 15.5. The van der Waals surface area contributed by atoms with Gasteiger partial charge in [0.25, 0.3) is 0 Å². The van der Waals surface area contributed by atoms with Gasteiger partial charge in [0, 0.05) is 48.5 Å². The van der Waals surface area contributed by atoms with E-state index in [9.17, 15) is 4.79 Å². The molecule has 4 aromatic rings. The van der Waals surface area contributed by atoms with Crippen molar-refractivity contribution < 1.29 is 4.79 Å². The average molecular weight is 369 g/mol. The van der Waals surface area contributed by atoms with Crippen LogP contribution in [0.3, 0.4) is 0 Å². The van der Waals surface area contributed by atoms with E-state index in [1.165, 1.54) is 11.1 Å². The lowest BCUT2D eigenvalue weighted by Crippen LogP contribution is -2.06. The average Bonchev–Trinajstić information content (AvgIpc) is 3.35. The lowest BCUT2D eigenvalue weighted by atomic mass is 10.0. The highest BCUT2D eigenvalue weighted by atomic mass is 16.1. The van der Waals surface area contributed by atoms with Gasteiger partial charge in [-0.25, -0.2) is 4.98 Å². The van der Waals surface area contributed by atoms with E-state index in [0.29, 0.717) is 0 Å². The molecule has 4 heterocycles. The number of ketones is 1. The Morgan fingerprint density at radius 1 is 1.07 bits per heavy atom. The summed E-state index contributed by atoms with van der Waals surface area (Å²) in [4.78, 5) is 25.9. The minimum absolute atomic E-state index is 0.0808. The van der Waals surface area contributed by atoms with Crippen LogP contribution in [-0.2, 0) is 26.6 Å². The maximum Gasteiger partial charge on any atom is 0.168 e. The Morgan fingerprint density at radius 2 is 1.96 bits per heavy atom. The molecule has 1 aliphatic rings. The first kappa shape index (κ1) is 16.8. The van der Waals surface area contributed by atoms with E-state index in [-0.39, 0.29) is 12.2 Å². The largest absolute Gasteiger partial charge is 0.334 e. The minimum atomic E-state index is 0.0808. The van der Waals surface area contributed by atoms with Crippen LogP contribution < -0.4 is 5.32 Å². The topological polar surface area (TPSA) is 72.7 Å². The normalized spacial score (nSPS) is 13.0.